The van der Waals surface area contributed by atoms with Gasteiger partial charge in [0.25, 0.3) is 0 Å². The molecular formula is C14H15N3O3. The van der Waals surface area contributed by atoms with Crippen molar-refractivity contribution in [1.29, 1.82) is 0 Å². The molecule has 6 nitrogen and oxygen atoms in total. The molecule has 0 aliphatic heterocycles. The minimum absolute atomic E-state index is 0.281. The number of ether oxygens (including phenoxy) is 1. The highest BCUT2D eigenvalue weighted by molar-refractivity contribution is 5.90. The van der Waals surface area contributed by atoms with E-state index in [1.165, 1.54) is 4.68 Å². The van der Waals surface area contributed by atoms with Crippen LogP contribution >= 0.6 is 0 Å². The second-order valence-electron chi connectivity index (χ2n) is 4.28. The van der Waals surface area contributed by atoms with Gasteiger partial charge >= 0.3 is 5.97 Å². The number of nitrogens with zero attached hydrogens (tertiary/aromatic N) is 3. The molecule has 0 radical (unpaired) electrons. The van der Waals surface area contributed by atoms with Crippen LogP contribution in [0, 0.1) is 6.92 Å². The molecule has 0 unspecified atom stereocenters. The number of benzene rings is 1. The molecule has 1 aromatic heterocycles. The first-order valence-electron chi connectivity index (χ1n) is 6.32. The summed E-state index contributed by atoms with van der Waals surface area (Å²) < 4.78 is 6.60. The topological polar surface area (TPSA) is 74.1 Å². The number of hydrogen-bond donors (Lipinski definition) is 0. The van der Waals surface area contributed by atoms with Gasteiger partial charge in [-0.3, -0.25) is 4.79 Å². The monoisotopic (exact) mass is 273 g/mol. The summed E-state index contributed by atoms with van der Waals surface area (Å²) >= 11 is 0. The second-order valence-corrected chi connectivity index (χ2v) is 4.28. The number of carbonyl (C=O) groups is 2. The van der Waals surface area contributed by atoms with E-state index >= 15 is 0 Å². The average molecular weight is 273 g/mol. The maximum atomic E-state index is 11.8. The molecule has 6 heteroatoms. The van der Waals surface area contributed by atoms with E-state index < -0.39 is 0 Å². The molecule has 0 saturated heterocycles. The summed E-state index contributed by atoms with van der Waals surface area (Å²) in [5.41, 5.74) is 2.01. The van der Waals surface area contributed by atoms with E-state index in [1.54, 1.807) is 31.2 Å². The summed E-state index contributed by atoms with van der Waals surface area (Å²) in [6.45, 7) is 4.07. The molecular weight excluding hydrogens is 258 g/mol. The Morgan fingerprint density at radius 1 is 1.45 bits per heavy atom. The summed E-state index contributed by atoms with van der Waals surface area (Å²) in [6.07, 6.45) is 1.43. The third-order valence-electron chi connectivity index (χ3n) is 2.81. The first-order valence-corrected chi connectivity index (χ1v) is 6.32. The molecule has 20 heavy (non-hydrogen) atoms. The zero-order valence-electron chi connectivity index (χ0n) is 11.4. The number of hydrogen-bond acceptors (Lipinski definition) is 5. The summed E-state index contributed by atoms with van der Waals surface area (Å²) in [7, 11) is 0. The molecule has 0 N–H and O–H groups in total. The van der Waals surface area contributed by atoms with E-state index in [2.05, 4.69) is 10.3 Å². The van der Waals surface area contributed by atoms with Crippen LogP contribution in [0.1, 0.15) is 39.9 Å². The third kappa shape index (κ3) is 2.74. The van der Waals surface area contributed by atoms with Crippen LogP contribution in [0.3, 0.4) is 0 Å². The highest BCUT2D eigenvalue weighted by Gasteiger charge is 2.12. The van der Waals surface area contributed by atoms with Gasteiger partial charge in [0.2, 0.25) is 0 Å². The van der Waals surface area contributed by atoms with Crippen LogP contribution in [0.4, 0.5) is 0 Å². The van der Waals surface area contributed by atoms with E-state index in [-0.39, 0.29) is 11.7 Å². The van der Waals surface area contributed by atoms with Crippen LogP contribution in [-0.4, -0.2) is 33.9 Å². The van der Waals surface area contributed by atoms with Crippen molar-refractivity contribution in [3.63, 3.8) is 0 Å². The lowest BCUT2D eigenvalue weighted by atomic mass is 10.2. The van der Waals surface area contributed by atoms with Gasteiger partial charge in [-0.1, -0.05) is 18.2 Å². The molecule has 0 fully saturated rings. The lowest BCUT2D eigenvalue weighted by Gasteiger charge is -2.06. The molecule has 2 rings (SSSR count). The molecule has 0 aliphatic carbocycles. The van der Waals surface area contributed by atoms with Crippen molar-refractivity contribution in [3.05, 3.63) is 41.2 Å². The number of aromatic nitrogens is 3. The Bertz CT molecular complexity index is 634. The Kier molecular flexibility index (Phi) is 4.24. The largest absolute Gasteiger partial charge is 0.462 e. The molecule has 104 valence electrons. The summed E-state index contributed by atoms with van der Waals surface area (Å²) in [5, 5.41) is 7.67. The van der Waals surface area contributed by atoms with E-state index in [9.17, 15) is 9.59 Å². The molecule has 0 spiro atoms. The maximum Gasteiger partial charge on any atom is 0.338 e. The minimum atomic E-state index is -0.373. The lowest BCUT2D eigenvalue weighted by molar-refractivity contribution is 0.0505. The maximum absolute atomic E-state index is 11.8. The summed E-state index contributed by atoms with van der Waals surface area (Å²) in [4.78, 5) is 22.6. The lowest BCUT2D eigenvalue weighted by Crippen LogP contribution is -2.07. The van der Waals surface area contributed by atoms with Gasteiger partial charge in [-0.15, -0.1) is 5.10 Å². The highest BCUT2D eigenvalue weighted by Crippen LogP contribution is 2.14. The van der Waals surface area contributed by atoms with Crippen LogP contribution in [0.5, 0.6) is 0 Å². The van der Waals surface area contributed by atoms with Crippen LogP contribution in [0.15, 0.2) is 24.3 Å². The standard InChI is InChI=1S/C14H15N3O3/c1-3-7-20-14(19)11-5-4-6-12(8-11)17-10(2)13(9-18)15-16-17/h4-6,8-9H,3,7H2,1-2H3. The zero-order chi connectivity index (χ0) is 14.5. The van der Waals surface area contributed by atoms with Gasteiger partial charge in [-0.25, -0.2) is 9.48 Å². The fraction of sp³-hybridized carbons (Fsp3) is 0.286. The fourth-order valence-corrected chi connectivity index (χ4v) is 1.74. The van der Waals surface area contributed by atoms with E-state index in [1.807, 2.05) is 6.92 Å². The highest BCUT2D eigenvalue weighted by atomic mass is 16.5. The van der Waals surface area contributed by atoms with Crippen LogP contribution in [0.25, 0.3) is 5.69 Å². The van der Waals surface area contributed by atoms with Crippen molar-refractivity contribution in [3.8, 4) is 5.69 Å². The smallest absolute Gasteiger partial charge is 0.338 e. The van der Waals surface area contributed by atoms with Gasteiger partial charge in [-0.05, 0) is 31.5 Å². The van der Waals surface area contributed by atoms with Gasteiger partial charge < -0.3 is 4.74 Å². The van der Waals surface area contributed by atoms with E-state index in [0.717, 1.165) is 6.42 Å². The van der Waals surface area contributed by atoms with Crippen LogP contribution < -0.4 is 0 Å². The summed E-state index contributed by atoms with van der Waals surface area (Å²) in [6, 6.07) is 6.86. The molecule has 1 aromatic carbocycles. The van der Waals surface area contributed by atoms with Crippen LogP contribution in [0.2, 0.25) is 0 Å². The van der Waals surface area contributed by atoms with Crippen molar-refractivity contribution < 1.29 is 14.3 Å². The van der Waals surface area contributed by atoms with Gasteiger partial charge in [0.05, 0.1) is 23.6 Å². The normalized spacial score (nSPS) is 10.3. The Labute approximate surface area is 116 Å². The van der Waals surface area contributed by atoms with Crippen LogP contribution in [-0.2, 0) is 4.74 Å². The predicted molar refractivity (Wildman–Crippen MR) is 72.1 cm³/mol. The zero-order valence-corrected chi connectivity index (χ0v) is 11.4. The SMILES string of the molecule is CCCOC(=O)c1cccc(-n2nnc(C=O)c2C)c1. The molecule has 0 aliphatic rings. The minimum Gasteiger partial charge on any atom is -0.462 e. The van der Waals surface area contributed by atoms with E-state index in [4.69, 9.17) is 4.74 Å². The first-order chi connectivity index (χ1) is 9.67. The Balaban J connectivity index is 2.31. The van der Waals surface area contributed by atoms with Gasteiger partial charge in [0.1, 0.15) is 5.69 Å². The third-order valence-corrected chi connectivity index (χ3v) is 2.81. The Hall–Kier alpha value is -2.50. The first kappa shape index (κ1) is 13.9. The number of esters is 1. The molecule has 0 amide bonds. The Morgan fingerprint density at radius 2 is 2.25 bits per heavy atom. The van der Waals surface area contributed by atoms with Crippen molar-refractivity contribution in [2.75, 3.05) is 6.61 Å². The average Bonchev–Trinajstić information content (AvgIpc) is 2.85. The van der Waals surface area contributed by atoms with Gasteiger partial charge in [-0.2, -0.15) is 0 Å². The van der Waals surface area contributed by atoms with Crippen molar-refractivity contribution in [2.45, 2.75) is 20.3 Å². The second kappa shape index (κ2) is 6.10. The fourth-order valence-electron chi connectivity index (χ4n) is 1.74. The number of rotatable bonds is 5. The van der Waals surface area contributed by atoms with Crippen molar-refractivity contribution >= 4 is 12.3 Å². The van der Waals surface area contributed by atoms with Gasteiger partial charge in [0, 0.05) is 0 Å². The quantitative estimate of drug-likeness (QED) is 0.615. The van der Waals surface area contributed by atoms with Crippen molar-refractivity contribution in [1.82, 2.24) is 15.0 Å². The van der Waals surface area contributed by atoms with Gasteiger partial charge in [0.15, 0.2) is 6.29 Å². The molecule has 0 atom stereocenters. The molecule has 0 bridgehead atoms. The molecule has 1 heterocycles. The van der Waals surface area contributed by atoms with Crippen molar-refractivity contribution in [2.24, 2.45) is 0 Å². The number of carbonyl (C=O) groups excluding carboxylic acids is 2. The molecule has 2 aromatic rings. The number of aldehydes is 1. The molecule has 0 saturated carbocycles. The van der Waals surface area contributed by atoms with E-state index in [0.29, 0.717) is 29.8 Å². The predicted octanol–water partition coefficient (Wildman–Crippen LogP) is 1.96. The Morgan fingerprint density at radius 3 is 2.90 bits per heavy atom. The summed E-state index contributed by atoms with van der Waals surface area (Å²) in [5.74, 6) is -0.373.